The highest BCUT2D eigenvalue weighted by molar-refractivity contribution is 5.95. The van der Waals surface area contributed by atoms with Gasteiger partial charge in [0.15, 0.2) is 6.61 Å². The van der Waals surface area contributed by atoms with Crippen LogP contribution in [0.4, 0.5) is 11.4 Å². The van der Waals surface area contributed by atoms with E-state index in [0.29, 0.717) is 35.5 Å². The van der Waals surface area contributed by atoms with Crippen LogP contribution in [0, 0.1) is 11.3 Å². The van der Waals surface area contributed by atoms with Gasteiger partial charge in [-0.3, -0.25) is 9.59 Å². The van der Waals surface area contributed by atoms with Gasteiger partial charge < -0.3 is 15.4 Å². The molecule has 3 rings (SSSR count). The van der Waals surface area contributed by atoms with Crippen LogP contribution in [0.2, 0.25) is 0 Å². The summed E-state index contributed by atoms with van der Waals surface area (Å²) in [7, 11) is 0. The smallest absolute Gasteiger partial charge is 0.262 e. The molecule has 0 aliphatic carbocycles. The lowest BCUT2D eigenvalue weighted by atomic mass is 10.1. The van der Waals surface area contributed by atoms with Crippen molar-refractivity contribution in [1.82, 2.24) is 0 Å². The Bertz CT molecular complexity index is 822. The highest BCUT2D eigenvalue weighted by atomic mass is 16.5. The number of hydrogen-bond donors (Lipinski definition) is 2. The number of nitrogens with zero attached hydrogens (tertiary/aromatic N) is 1. The van der Waals surface area contributed by atoms with Gasteiger partial charge in [-0.15, -0.1) is 0 Å². The van der Waals surface area contributed by atoms with Gasteiger partial charge in [0.25, 0.3) is 5.91 Å². The van der Waals surface area contributed by atoms with E-state index in [4.69, 9.17) is 10.00 Å². The van der Waals surface area contributed by atoms with Crippen LogP contribution < -0.4 is 15.4 Å². The number of anilines is 2. The second-order valence-electron chi connectivity index (χ2n) is 5.40. The fraction of sp³-hybridized carbons (Fsp3) is 0.167. The average molecular weight is 321 g/mol. The highest BCUT2D eigenvalue weighted by Gasteiger charge is 2.16. The summed E-state index contributed by atoms with van der Waals surface area (Å²) in [5.74, 6) is 0.344. The standard InChI is InChI=1S/C18H15N3O3/c19-10-13-1-5-14(6-2-13)20-17(22)8-4-12-3-7-16-15(9-12)21-18(23)11-24-16/h1-3,5-7,9H,4,8,11H2,(H,20,22)(H,21,23). The maximum Gasteiger partial charge on any atom is 0.262 e. The van der Waals surface area contributed by atoms with Gasteiger partial charge in [-0.25, -0.2) is 0 Å². The minimum Gasteiger partial charge on any atom is -0.482 e. The first-order valence-electron chi connectivity index (χ1n) is 7.49. The van der Waals surface area contributed by atoms with E-state index in [1.54, 1.807) is 30.3 Å². The largest absolute Gasteiger partial charge is 0.482 e. The van der Waals surface area contributed by atoms with Gasteiger partial charge in [-0.05, 0) is 48.4 Å². The van der Waals surface area contributed by atoms with Gasteiger partial charge >= 0.3 is 0 Å². The monoisotopic (exact) mass is 321 g/mol. The van der Waals surface area contributed by atoms with Crippen molar-refractivity contribution in [3.8, 4) is 11.8 Å². The summed E-state index contributed by atoms with van der Waals surface area (Å²) < 4.78 is 5.30. The molecular formula is C18H15N3O3. The highest BCUT2D eigenvalue weighted by Crippen LogP contribution is 2.28. The Morgan fingerprint density at radius 3 is 2.79 bits per heavy atom. The van der Waals surface area contributed by atoms with E-state index in [1.807, 2.05) is 18.2 Å². The molecule has 0 fully saturated rings. The number of benzene rings is 2. The summed E-state index contributed by atoms with van der Waals surface area (Å²) in [6, 6.07) is 14.2. The molecule has 6 heteroatoms. The number of amides is 2. The predicted octanol–water partition coefficient (Wildman–Crippen LogP) is 2.46. The molecule has 2 aromatic carbocycles. The lowest BCUT2D eigenvalue weighted by molar-refractivity contribution is -0.118. The van der Waals surface area contributed by atoms with Crippen molar-refractivity contribution in [3.05, 3.63) is 53.6 Å². The van der Waals surface area contributed by atoms with Crippen molar-refractivity contribution in [3.63, 3.8) is 0 Å². The molecule has 2 N–H and O–H groups in total. The molecule has 6 nitrogen and oxygen atoms in total. The Hall–Kier alpha value is -3.33. The van der Waals surface area contributed by atoms with Gasteiger partial charge in [-0.1, -0.05) is 6.07 Å². The number of hydrogen-bond acceptors (Lipinski definition) is 4. The molecular weight excluding hydrogens is 306 g/mol. The summed E-state index contributed by atoms with van der Waals surface area (Å²) in [6.07, 6.45) is 0.860. The van der Waals surface area contributed by atoms with E-state index >= 15 is 0 Å². The normalized spacial score (nSPS) is 12.4. The van der Waals surface area contributed by atoms with E-state index in [0.717, 1.165) is 5.56 Å². The topological polar surface area (TPSA) is 91.2 Å². The number of ether oxygens (including phenoxy) is 1. The molecule has 0 unspecified atom stereocenters. The minimum absolute atomic E-state index is 0.0271. The van der Waals surface area contributed by atoms with Crippen LogP contribution in [0.5, 0.6) is 5.75 Å². The number of carbonyl (C=O) groups excluding carboxylic acids is 2. The Morgan fingerprint density at radius 1 is 1.25 bits per heavy atom. The molecule has 1 heterocycles. The van der Waals surface area contributed by atoms with Crippen molar-refractivity contribution in [2.75, 3.05) is 17.2 Å². The average Bonchev–Trinajstić information content (AvgIpc) is 2.60. The zero-order valence-corrected chi connectivity index (χ0v) is 12.8. The number of nitrogens with one attached hydrogen (secondary N) is 2. The Kier molecular flexibility index (Phi) is 4.43. The van der Waals surface area contributed by atoms with E-state index in [-0.39, 0.29) is 18.4 Å². The molecule has 0 atom stereocenters. The first-order chi connectivity index (χ1) is 11.6. The lowest BCUT2D eigenvalue weighted by Gasteiger charge is -2.18. The molecule has 2 aromatic rings. The van der Waals surface area contributed by atoms with Crippen LogP contribution in [-0.4, -0.2) is 18.4 Å². The molecule has 0 saturated carbocycles. The lowest BCUT2D eigenvalue weighted by Crippen LogP contribution is -2.25. The molecule has 1 aliphatic rings. The minimum atomic E-state index is -0.182. The van der Waals surface area contributed by atoms with E-state index in [9.17, 15) is 9.59 Å². The van der Waals surface area contributed by atoms with Crippen molar-refractivity contribution >= 4 is 23.2 Å². The van der Waals surface area contributed by atoms with E-state index < -0.39 is 0 Å². The summed E-state index contributed by atoms with van der Waals surface area (Å²) in [5, 5.41) is 14.3. The maximum atomic E-state index is 12.0. The Balaban J connectivity index is 1.57. The number of rotatable bonds is 4. The second kappa shape index (κ2) is 6.84. The number of carbonyl (C=O) groups is 2. The fourth-order valence-electron chi connectivity index (χ4n) is 2.40. The first-order valence-corrected chi connectivity index (χ1v) is 7.49. The predicted molar refractivity (Wildman–Crippen MR) is 88.7 cm³/mol. The van der Waals surface area contributed by atoms with Gasteiger partial charge in [0, 0.05) is 12.1 Å². The second-order valence-corrected chi connectivity index (χ2v) is 5.40. The first kappa shape index (κ1) is 15.6. The Labute approximate surface area is 139 Å². The molecule has 2 amide bonds. The van der Waals surface area contributed by atoms with Gasteiger partial charge in [0.05, 0.1) is 17.3 Å². The van der Waals surface area contributed by atoms with Crippen LogP contribution in [0.3, 0.4) is 0 Å². The maximum absolute atomic E-state index is 12.0. The zero-order valence-electron chi connectivity index (χ0n) is 12.8. The van der Waals surface area contributed by atoms with Crippen molar-refractivity contribution in [2.24, 2.45) is 0 Å². The zero-order chi connectivity index (χ0) is 16.9. The summed E-state index contributed by atoms with van der Waals surface area (Å²) >= 11 is 0. The number of fused-ring (bicyclic) bond motifs is 1. The summed E-state index contributed by atoms with van der Waals surface area (Å²) in [4.78, 5) is 23.3. The van der Waals surface area contributed by atoms with Gasteiger partial charge in [0.1, 0.15) is 5.75 Å². The summed E-state index contributed by atoms with van der Waals surface area (Å²) in [5.41, 5.74) is 2.78. The number of nitriles is 1. The van der Waals surface area contributed by atoms with Gasteiger partial charge in [-0.2, -0.15) is 5.26 Å². The van der Waals surface area contributed by atoms with Crippen LogP contribution in [0.15, 0.2) is 42.5 Å². The van der Waals surface area contributed by atoms with Crippen molar-refractivity contribution in [1.29, 1.82) is 5.26 Å². The van der Waals surface area contributed by atoms with Crippen LogP contribution in [0.1, 0.15) is 17.5 Å². The molecule has 0 spiro atoms. The molecule has 0 bridgehead atoms. The molecule has 0 saturated heterocycles. The van der Waals surface area contributed by atoms with Gasteiger partial charge in [0.2, 0.25) is 5.91 Å². The molecule has 0 radical (unpaired) electrons. The van der Waals surface area contributed by atoms with Crippen molar-refractivity contribution < 1.29 is 14.3 Å². The molecule has 24 heavy (non-hydrogen) atoms. The van der Waals surface area contributed by atoms with Crippen LogP contribution in [0.25, 0.3) is 0 Å². The third-order valence-corrected chi connectivity index (χ3v) is 3.62. The molecule has 120 valence electrons. The molecule has 0 aromatic heterocycles. The third kappa shape index (κ3) is 3.70. The summed E-state index contributed by atoms with van der Waals surface area (Å²) in [6.45, 7) is 0.0271. The Morgan fingerprint density at radius 2 is 2.04 bits per heavy atom. The molecule has 1 aliphatic heterocycles. The van der Waals surface area contributed by atoms with Crippen LogP contribution in [-0.2, 0) is 16.0 Å². The van der Waals surface area contributed by atoms with Crippen molar-refractivity contribution in [2.45, 2.75) is 12.8 Å². The third-order valence-electron chi connectivity index (χ3n) is 3.62. The fourth-order valence-corrected chi connectivity index (χ4v) is 2.40. The van der Waals surface area contributed by atoms with Crippen LogP contribution >= 0.6 is 0 Å². The SMILES string of the molecule is N#Cc1ccc(NC(=O)CCc2ccc3c(c2)NC(=O)CO3)cc1. The van der Waals surface area contributed by atoms with E-state index in [1.165, 1.54) is 0 Å². The number of aryl methyl sites for hydroxylation is 1. The van der Waals surface area contributed by atoms with E-state index in [2.05, 4.69) is 10.6 Å². The quantitative estimate of drug-likeness (QED) is 0.905.